The Balaban J connectivity index is 1.82. The molecule has 2 rings (SSSR count). The maximum Gasteiger partial charge on any atom is 0.230 e. The molecule has 0 aliphatic carbocycles. The predicted molar refractivity (Wildman–Crippen MR) is 81.0 cm³/mol. The molecule has 21 heavy (non-hydrogen) atoms. The molecule has 0 aromatic carbocycles. The lowest BCUT2D eigenvalue weighted by Gasteiger charge is -2.36. The molecule has 1 saturated heterocycles. The zero-order valence-corrected chi connectivity index (χ0v) is 13.9. The molecule has 1 fully saturated rings. The molecule has 0 unspecified atom stereocenters. The Labute approximate surface area is 127 Å². The summed E-state index contributed by atoms with van der Waals surface area (Å²) in [5, 5.41) is 18.1. The van der Waals surface area contributed by atoms with E-state index in [1.54, 1.807) is 0 Å². The van der Waals surface area contributed by atoms with Gasteiger partial charge in [0.25, 0.3) is 0 Å². The number of aliphatic hydroxyl groups is 1. The largest absolute Gasteiger partial charge is 0.423 e. The van der Waals surface area contributed by atoms with Crippen molar-refractivity contribution in [2.75, 3.05) is 32.7 Å². The summed E-state index contributed by atoms with van der Waals surface area (Å²) in [6.45, 7) is 15.2. The molecule has 0 bridgehead atoms. The number of hydrogen-bond acceptors (Lipinski definition) is 6. The van der Waals surface area contributed by atoms with Gasteiger partial charge in [-0.2, -0.15) is 0 Å². The third-order valence-electron chi connectivity index (χ3n) is 3.54. The van der Waals surface area contributed by atoms with Crippen LogP contribution >= 0.6 is 0 Å². The summed E-state index contributed by atoms with van der Waals surface area (Å²) in [7, 11) is 0. The van der Waals surface area contributed by atoms with Crippen LogP contribution in [0.4, 0.5) is 0 Å². The van der Waals surface area contributed by atoms with Crippen molar-refractivity contribution >= 4 is 0 Å². The van der Waals surface area contributed by atoms with E-state index in [1.165, 1.54) is 0 Å². The van der Waals surface area contributed by atoms with Gasteiger partial charge in [-0.3, -0.25) is 9.80 Å². The Bertz CT molecular complexity index is 451. The molecule has 1 N–H and O–H groups in total. The molecule has 1 aromatic rings. The summed E-state index contributed by atoms with van der Waals surface area (Å²) in [4.78, 5) is 4.62. The van der Waals surface area contributed by atoms with Gasteiger partial charge in [0.2, 0.25) is 11.8 Å². The second-order valence-corrected chi connectivity index (χ2v) is 7.62. The Morgan fingerprint density at radius 1 is 1.00 bits per heavy atom. The average molecular weight is 296 g/mol. The maximum absolute atomic E-state index is 9.86. The lowest BCUT2D eigenvalue weighted by atomic mass is 9.97. The van der Waals surface area contributed by atoms with Gasteiger partial charge in [-0.05, 0) is 13.8 Å². The fourth-order valence-electron chi connectivity index (χ4n) is 2.46. The second-order valence-electron chi connectivity index (χ2n) is 7.62. The Morgan fingerprint density at radius 2 is 1.57 bits per heavy atom. The van der Waals surface area contributed by atoms with Crippen molar-refractivity contribution in [3.05, 3.63) is 11.8 Å². The summed E-state index contributed by atoms with van der Waals surface area (Å²) >= 11 is 0. The molecule has 0 spiro atoms. The molecule has 6 nitrogen and oxygen atoms in total. The maximum atomic E-state index is 9.86. The minimum Gasteiger partial charge on any atom is -0.423 e. The van der Waals surface area contributed by atoms with E-state index in [9.17, 15) is 5.11 Å². The van der Waals surface area contributed by atoms with Crippen LogP contribution in [0.1, 0.15) is 46.4 Å². The highest BCUT2D eigenvalue weighted by molar-refractivity contribution is 4.96. The Hall–Kier alpha value is -0.980. The molecular formula is C15H28N4O2. The average Bonchev–Trinajstić information content (AvgIpc) is 2.78. The standard InChI is InChI=1S/C15H28N4O2/c1-14(2,3)13-17-16-12(21-13)10-18-6-8-19(9-7-18)11-15(4,5)20/h20H,6-11H2,1-5H3. The molecule has 0 atom stereocenters. The number of β-amino-alcohol motifs (C(OH)–C–C–N with tert-alkyl or cyclic N) is 1. The van der Waals surface area contributed by atoms with Crippen LogP contribution in [0.2, 0.25) is 0 Å². The highest BCUT2D eigenvalue weighted by atomic mass is 16.4. The molecule has 2 heterocycles. The van der Waals surface area contributed by atoms with Gasteiger partial charge >= 0.3 is 0 Å². The molecule has 0 radical (unpaired) electrons. The van der Waals surface area contributed by atoms with Gasteiger partial charge in [-0.25, -0.2) is 0 Å². The molecule has 0 saturated carbocycles. The van der Waals surface area contributed by atoms with Crippen LogP contribution in [0.3, 0.4) is 0 Å². The van der Waals surface area contributed by atoms with Crippen LogP contribution in [0.5, 0.6) is 0 Å². The van der Waals surface area contributed by atoms with Crippen LogP contribution < -0.4 is 0 Å². The molecule has 120 valence electrons. The number of piperazine rings is 1. The summed E-state index contributed by atoms with van der Waals surface area (Å²) < 4.78 is 5.74. The predicted octanol–water partition coefficient (Wildman–Crippen LogP) is 1.26. The zero-order chi connectivity index (χ0) is 15.7. The van der Waals surface area contributed by atoms with E-state index in [2.05, 4.69) is 40.8 Å². The van der Waals surface area contributed by atoms with E-state index in [-0.39, 0.29) is 5.41 Å². The quantitative estimate of drug-likeness (QED) is 0.902. The number of hydrogen-bond donors (Lipinski definition) is 1. The molecule has 6 heteroatoms. The monoisotopic (exact) mass is 296 g/mol. The van der Waals surface area contributed by atoms with Crippen molar-refractivity contribution < 1.29 is 9.52 Å². The fourth-order valence-corrected chi connectivity index (χ4v) is 2.46. The van der Waals surface area contributed by atoms with E-state index >= 15 is 0 Å². The minimum atomic E-state index is -0.629. The summed E-state index contributed by atoms with van der Waals surface area (Å²) in [6.07, 6.45) is 0. The molecule has 1 aromatic heterocycles. The third kappa shape index (κ3) is 5.05. The normalized spacial score (nSPS) is 19.1. The highest BCUT2D eigenvalue weighted by Gasteiger charge is 2.25. The van der Waals surface area contributed by atoms with Crippen molar-refractivity contribution in [2.45, 2.75) is 52.2 Å². The lowest BCUT2D eigenvalue weighted by Crippen LogP contribution is -2.50. The second kappa shape index (κ2) is 6.02. The van der Waals surface area contributed by atoms with E-state index in [1.807, 2.05) is 13.8 Å². The van der Waals surface area contributed by atoms with Crippen molar-refractivity contribution in [1.29, 1.82) is 0 Å². The van der Waals surface area contributed by atoms with Crippen molar-refractivity contribution in [3.63, 3.8) is 0 Å². The highest BCUT2D eigenvalue weighted by Crippen LogP contribution is 2.21. The summed E-state index contributed by atoms with van der Waals surface area (Å²) in [5.74, 6) is 1.38. The van der Waals surface area contributed by atoms with E-state index < -0.39 is 5.60 Å². The van der Waals surface area contributed by atoms with Gasteiger partial charge in [0.15, 0.2) is 0 Å². The number of aromatic nitrogens is 2. The summed E-state index contributed by atoms with van der Waals surface area (Å²) in [5.41, 5.74) is -0.729. The topological polar surface area (TPSA) is 65.6 Å². The first-order valence-corrected chi connectivity index (χ1v) is 7.63. The van der Waals surface area contributed by atoms with Crippen LogP contribution in [-0.4, -0.2) is 63.4 Å². The molecule has 0 amide bonds. The summed E-state index contributed by atoms with van der Waals surface area (Å²) in [6, 6.07) is 0. The Morgan fingerprint density at radius 3 is 2.05 bits per heavy atom. The first-order chi connectivity index (χ1) is 9.63. The number of nitrogens with zero attached hydrogens (tertiary/aromatic N) is 4. The van der Waals surface area contributed by atoms with Crippen LogP contribution in [0, 0.1) is 0 Å². The smallest absolute Gasteiger partial charge is 0.230 e. The van der Waals surface area contributed by atoms with Gasteiger partial charge in [-0.1, -0.05) is 20.8 Å². The van der Waals surface area contributed by atoms with Crippen molar-refractivity contribution in [3.8, 4) is 0 Å². The fraction of sp³-hybridized carbons (Fsp3) is 0.867. The third-order valence-corrected chi connectivity index (χ3v) is 3.54. The van der Waals surface area contributed by atoms with E-state index in [0.717, 1.165) is 32.7 Å². The molecule has 1 aliphatic rings. The van der Waals surface area contributed by atoms with E-state index in [0.29, 0.717) is 18.3 Å². The zero-order valence-electron chi connectivity index (χ0n) is 13.9. The van der Waals surface area contributed by atoms with Gasteiger partial charge in [0.05, 0.1) is 12.1 Å². The van der Waals surface area contributed by atoms with Crippen molar-refractivity contribution in [2.24, 2.45) is 0 Å². The van der Waals surface area contributed by atoms with Crippen LogP contribution in [0.25, 0.3) is 0 Å². The first kappa shape index (κ1) is 16.4. The van der Waals surface area contributed by atoms with Crippen LogP contribution in [-0.2, 0) is 12.0 Å². The van der Waals surface area contributed by atoms with Gasteiger partial charge < -0.3 is 9.52 Å². The number of rotatable bonds is 4. The molecule has 1 aliphatic heterocycles. The lowest BCUT2D eigenvalue weighted by molar-refractivity contribution is 0.0155. The van der Waals surface area contributed by atoms with Gasteiger partial charge in [0, 0.05) is 38.1 Å². The van der Waals surface area contributed by atoms with Gasteiger partial charge in [0.1, 0.15) is 0 Å². The minimum absolute atomic E-state index is 0.101. The Kier molecular flexibility index (Phi) is 4.70. The molecular weight excluding hydrogens is 268 g/mol. The van der Waals surface area contributed by atoms with Crippen molar-refractivity contribution in [1.82, 2.24) is 20.0 Å². The van der Waals surface area contributed by atoms with E-state index in [4.69, 9.17) is 4.42 Å². The van der Waals surface area contributed by atoms with Gasteiger partial charge in [-0.15, -0.1) is 10.2 Å². The first-order valence-electron chi connectivity index (χ1n) is 7.63. The van der Waals surface area contributed by atoms with Crippen LogP contribution in [0.15, 0.2) is 4.42 Å². The SMILES string of the molecule is CC(C)(O)CN1CCN(Cc2nnc(C(C)(C)C)o2)CC1.